The van der Waals surface area contributed by atoms with E-state index in [1.165, 1.54) is 11.1 Å². The largest absolute Gasteiger partial charge is 0.449 e. The van der Waals surface area contributed by atoms with Gasteiger partial charge in [0.25, 0.3) is 0 Å². The van der Waals surface area contributed by atoms with Gasteiger partial charge in [-0.15, -0.1) is 0 Å². The highest BCUT2D eigenvalue weighted by molar-refractivity contribution is 6.04. The Hall–Kier alpha value is -2.04. The molecule has 1 amide bonds. The number of amides is 1. The molecule has 1 aliphatic carbocycles. The first-order chi connectivity index (χ1) is 9.78. The number of hydrogen-bond acceptors (Lipinski definition) is 4. The molecule has 0 saturated carbocycles. The Labute approximate surface area is 118 Å². The summed E-state index contributed by atoms with van der Waals surface area (Å²) in [5, 5.41) is 5.86. The van der Waals surface area contributed by atoms with Gasteiger partial charge in [-0.25, -0.2) is 9.79 Å². The molecule has 1 heterocycles. The Morgan fingerprint density at radius 1 is 1.55 bits per heavy atom. The molecule has 5 nitrogen and oxygen atoms in total. The fraction of sp³-hybridized carbons (Fsp3) is 0.467. The maximum absolute atomic E-state index is 11.6. The molecule has 1 atom stereocenters. The molecular formula is C15H19N3O2. The maximum atomic E-state index is 11.6. The molecule has 20 heavy (non-hydrogen) atoms. The molecule has 2 aliphatic rings. The Morgan fingerprint density at radius 3 is 3.30 bits per heavy atom. The molecule has 0 fully saturated rings. The minimum Gasteiger partial charge on any atom is -0.449 e. The summed E-state index contributed by atoms with van der Waals surface area (Å²) < 4.78 is 5.02. The van der Waals surface area contributed by atoms with E-state index in [4.69, 9.17) is 4.74 Å². The van der Waals surface area contributed by atoms with Crippen molar-refractivity contribution in [2.75, 3.05) is 11.9 Å². The highest BCUT2D eigenvalue weighted by Gasteiger charge is 2.27. The fourth-order valence-electron chi connectivity index (χ4n) is 2.80. The van der Waals surface area contributed by atoms with Gasteiger partial charge in [-0.05, 0) is 37.3 Å². The third kappa shape index (κ3) is 2.48. The van der Waals surface area contributed by atoms with Crippen molar-refractivity contribution in [1.82, 2.24) is 5.32 Å². The second kappa shape index (κ2) is 5.53. The van der Waals surface area contributed by atoms with Crippen LogP contribution < -0.4 is 10.6 Å². The molecule has 1 aromatic rings. The maximum Gasteiger partial charge on any atom is 0.413 e. The van der Waals surface area contributed by atoms with Crippen molar-refractivity contribution in [2.24, 2.45) is 4.99 Å². The lowest BCUT2D eigenvalue weighted by Gasteiger charge is -2.30. The van der Waals surface area contributed by atoms with Crippen molar-refractivity contribution >= 4 is 17.7 Å². The number of hydrogen-bond donors (Lipinski definition) is 2. The first-order valence-corrected chi connectivity index (χ1v) is 7.18. The predicted octanol–water partition coefficient (Wildman–Crippen LogP) is 2.98. The molecule has 2 N–H and O–H groups in total. The number of ether oxygens (including phenoxy) is 1. The lowest BCUT2D eigenvalue weighted by atomic mass is 9.86. The molecular weight excluding hydrogens is 254 g/mol. The number of nitrogens with zero attached hydrogens (tertiary/aromatic N) is 1. The number of benzene rings is 1. The first-order valence-electron chi connectivity index (χ1n) is 7.18. The average molecular weight is 273 g/mol. The van der Waals surface area contributed by atoms with Crippen molar-refractivity contribution in [3.05, 3.63) is 29.3 Å². The van der Waals surface area contributed by atoms with Gasteiger partial charge in [-0.3, -0.25) is 5.32 Å². The van der Waals surface area contributed by atoms with Crippen LogP contribution in [0, 0.1) is 0 Å². The van der Waals surface area contributed by atoms with Crippen LogP contribution in [0.2, 0.25) is 0 Å². The molecule has 0 aromatic heterocycles. The Kier molecular flexibility index (Phi) is 3.58. The summed E-state index contributed by atoms with van der Waals surface area (Å²) in [7, 11) is 0. The van der Waals surface area contributed by atoms with E-state index >= 15 is 0 Å². The quantitative estimate of drug-likeness (QED) is 0.870. The van der Waals surface area contributed by atoms with E-state index < -0.39 is 6.09 Å². The van der Waals surface area contributed by atoms with E-state index in [9.17, 15) is 4.79 Å². The monoisotopic (exact) mass is 273 g/mol. The minimum absolute atomic E-state index is 0.151. The average Bonchev–Trinajstić information content (AvgIpc) is 2.45. The van der Waals surface area contributed by atoms with E-state index in [0.717, 1.165) is 31.4 Å². The summed E-state index contributed by atoms with van der Waals surface area (Å²) in [5.41, 5.74) is 3.70. The summed E-state index contributed by atoms with van der Waals surface area (Å²) in [6.45, 7) is 2.38. The Balaban J connectivity index is 1.77. The normalized spacial score (nSPS) is 19.4. The van der Waals surface area contributed by atoms with Crippen LogP contribution in [0.25, 0.3) is 0 Å². The first kappa shape index (κ1) is 13.0. The highest BCUT2D eigenvalue weighted by Crippen LogP contribution is 2.39. The molecule has 0 spiro atoms. The third-order valence-corrected chi connectivity index (χ3v) is 3.65. The number of aryl methyl sites for hydroxylation is 1. The van der Waals surface area contributed by atoms with Gasteiger partial charge in [0, 0.05) is 11.3 Å². The van der Waals surface area contributed by atoms with Gasteiger partial charge in [0.05, 0.1) is 12.6 Å². The lowest BCUT2D eigenvalue weighted by molar-refractivity contribution is 0.151. The van der Waals surface area contributed by atoms with Gasteiger partial charge in [-0.1, -0.05) is 19.1 Å². The molecule has 1 aromatic carbocycles. The van der Waals surface area contributed by atoms with Crippen molar-refractivity contribution in [3.8, 4) is 0 Å². The molecule has 0 saturated heterocycles. The van der Waals surface area contributed by atoms with Crippen molar-refractivity contribution < 1.29 is 9.53 Å². The molecule has 106 valence electrons. The van der Waals surface area contributed by atoms with Gasteiger partial charge in [0.15, 0.2) is 0 Å². The van der Waals surface area contributed by atoms with Gasteiger partial charge in [-0.2, -0.15) is 0 Å². The number of carbonyl (C=O) groups is 1. The van der Waals surface area contributed by atoms with Crippen LogP contribution in [-0.2, 0) is 11.2 Å². The van der Waals surface area contributed by atoms with Gasteiger partial charge < -0.3 is 10.1 Å². The predicted molar refractivity (Wildman–Crippen MR) is 78.0 cm³/mol. The standard InChI is InChI=1S/C15H19N3O2/c1-2-9-20-15(19)18-14-16-11-7-3-5-10-6-4-8-12(17-14)13(10)11/h3,5,7,12H,2,4,6,8-9H2,1H3,(H2,16,17,18,19). The fourth-order valence-corrected chi connectivity index (χ4v) is 2.80. The van der Waals surface area contributed by atoms with E-state index in [0.29, 0.717) is 12.6 Å². The summed E-state index contributed by atoms with van der Waals surface area (Å²) in [6.07, 6.45) is 3.63. The Bertz CT molecular complexity index is 554. The number of anilines is 1. The van der Waals surface area contributed by atoms with E-state index in [2.05, 4.69) is 21.7 Å². The number of rotatable bonds is 2. The van der Waals surface area contributed by atoms with Gasteiger partial charge >= 0.3 is 6.09 Å². The van der Waals surface area contributed by atoms with Crippen LogP contribution in [0.15, 0.2) is 23.2 Å². The summed E-state index contributed by atoms with van der Waals surface area (Å²) in [4.78, 5) is 16.2. The van der Waals surface area contributed by atoms with Gasteiger partial charge in [0.1, 0.15) is 0 Å². The van der Waals surface area contributed by atoms with Crippen LogP contribution in [0.1, 0.15) is 43.4 Å². The molecule has 0 bridgehead atoms. The molecule has 3 rings (SSSR count). The van der Waals surface area contributed by atoms with Crippen LogP contribution >= 0.6 is 0 Å². The SMILES string of the molecule is CCCOC(=O)NC1=NC2CCCc3cccc(c32)N1. The van der Waals surface area contributed by atoms with Gasteiger partial charge in [0.2, 0.25) is 5.96 Å². The smallest absolute Gasteiger partial charge is 0.413 e. The lowest BCUT2D eigenvalue weighted by Crippen LogP contribution is -2.39. The number of guanidine groups is 1. The summed E-state index contributed by atoms with van der Waals surface area (Å²) in [6, 6.07) is 6.39. The third-order valence-electron chi connectivity index (χ3n) is 3.65. The van der Waals surface area contributed by atoms with Crippen molar-refractivity contribution in [1.29, 1.82) is 0 Å². The number of nitrogens with one attached hydrogen (secondary N) is 2. The zero-order chi connectivity index (χ0) is 13.9. The molecule has 1 aliphatic heterocycles. The topological polar surface area (TPSA) is 62.7 Å². The van der Waals surface area contributed by atoms with E-state index in [1.54, 1.807) is 0 Å². The summed E-state index contributed by atoms with van der Waals surface area (Å²) >= 11 is 0. The highest BCUT2D eigenvalue weighted by atomic mass is 16.5. The second-order valence-corrected chi connectivity index (χ2v) is 5.15. The second-order valence-electron chi connectivity index (χ2n) is 5.15. The van der Waals surface area contributed by atoms with Crippen LogP contribution in [-0.4, -0.2) is 18.7 Å². The van der Waals surface area contributed by atoms with Crippen molar-refractivity contribution in [3.63, 3.8) is 0 Å². The van der Waals surface area contributed by atoms with E-state index in [1.807, 2.05) is 19.1 Å². The van der Waals surface area contributed by atoms with Crippen molar-refractivity contribution in [2.45, 2.75) is 38.6 Å². The Morgan fingerprint density at radius 2 is 2.45 bits per heavy atom. The van der Waals surface area contributed by atoms with Crippen LogP contribution in [0.5, 0.6) is 0 Å². The zero-order valence-corrected chi connectivity index (χ0v) is 11.6. The molecule has 5 heteroatoms. The van der Waals surface area contributed by atoms with Crippen LogP contribution in [0.4, 0.5) is 10.5 Å². The van der Waals surface area contributed by atoms with E-state index in [-0.39, 0.29) is 6.04 Å². The molecule has 0 radical (unpaired) electrons. The number of alkyl carbamates (subject to hydrolysis) is 1. The summed E-state index contributed by atoms with van der Waals surface area (Å²) in [5.74, 6) is 0.489. The minimum atomic E-state index is -0.450. The number of aliphatic imine (C=N–C) groups is 1. The number of carbonyl (C=O) groups excluding carboxylic acids is 1. The van der Waals surface area contributed by atoms with Crippen LogP contribution in [0.3, 0.4) is 0 Å². The molecule has 1 unspecified atom stereocenters. The zero-order valence-electron chi connectivity index (χ0n) is 11.6.